The average molecular weight is 469 g/mol. The van der Waals surface area contributed by atoms with E-state index in [9.17, 15) is 31.1 Å². The smallest absolute Gasteiger partial charge is 0.323 e. The number of amides is 1. The quantitative estimate of drug-likeness (QED) is 0.458. The van der Waals surface area contributed by atoms with Crippen molar-refractivity contribution in [3.63, 3.8) is 0 Å². The van der Waals surface area contributed by atoms with Crippen LogP contribution >= 0.6 is 0 Å². The van der Waals surface area contributed by atoms with E-state index in [1.54, 1.807) is 0 Å². The second-order valence-corrected chi connectivity index (χ2v) is 9.20. The Labute approximate surface area is 188 Å². The van der Waals surface area contributed by atoms with Crippen molar-refractivity contribution in [1.82, 2.24) is 0 Å². The maximum absolute atomic E-state index is 14.1. The van der Waals surface area contributed by atoms with Crippen LogP contribution < -0.4 is 5.32 Å². The molecule has 0 heterocycles. The summed E-state index contributed by atoms with van der Waals surface area (Å²) in [6.07, 6.45) is -1.59. The molecule has 0 bridgehead atoms. The van der Waals surface area contributed by atoms with Gasteiger partial charge in [-0.25, -0.2) is 13.2 Å². The monoisotopic (exact) mass is 469 g/mol. The van der Waals surface area contributed by atoms with Crippen LogP contribution in [0.5, 0.6) is 0 Å². The molecule has 0 saturated heterocycles. The average Bonchev–Trinajstić information content (AvgIpc) is 3.14. The van der Waals surface area contributed by atoms with Gasteiger partial charge >= 0.3 is 6.18 Å². The highest BCUT2D eigenvalue weighted by Crippen LogP contribution is 2.45. The minimum atomic E-state index is -4.66. The summed E-state index contributed by atoms with van der Waals surface area (Å²) in [6.45, 7) is 0. The van der Waals surface area contributed by atoms with E-state index in [4.69, 9.17) is 0 Å². The van der Waals surface area contributed by atoms with Crippen LogP contribution in [0.25, 0.3) is 0 Å². The third kappa shape index (κ3) is 5.53. The van der Waals surface area contributed by atoms with Gasteiger partial charge in [-0.1, -0.05) is 30.7 Å². The lowest BCUT2D eigenvalue weighted by molar-refractivity contribution is -0.137. The second kappa shape index (κ2) is 9.03. The number of halogens is 6. The predicted octanol–water partition coefficient (Wildman–Crippen LogP) is 7.66. The SMILES string of the molecule is O=C(Nc1ccc(C(F)(F)F)cc1F)C1CCCC(c2ccc(C3CCC(F)(F)C3)cc2)C1. The normalized spacial score (nSPS) is 25.1. The van der Waals surface area contributed by atoms with Crippen molar-refractivity contribution in [3.8, 4) is 0 Å². The number of benzene rings is 2. The van der Waals surface area contributed by atoms with Crippen molar-refractivity contribution in [3.05, 3.63) is 65.0 Å². The van der Waals surface area contributed by atoms with Gasteiger partial charge < -0.3 is 5.32 Å². The molecule has 8 heteroatoms. The minimum absolute atomic E-state index is 0.0850. The van der Waals surface area contributed by atoms with E-state index in [1.807, 2.05) is 24.3 Å². The maximum atomic E-state index is 14.1. The lowest BCUT2D eigenvalue weighted by Gasteiger charge is -2.29. The summed E-state index contributed by atoms with van der Waals surface area (Å²) in [7, 11) is 0. The van der Waals surface area contributed by atoms with Gasteiger partial charge in [-0.2, -0.15) is 13.2 Å². The van der Waals surface area contributed by atoms with Crippen LogP contribution in [0.3, 0.4) is 0 Å². The molecule has 2 saturated carbocycles. The van der Waals surface area contributed by atoms with E-state index in [0.29, 0.717) is 25.3 Å². The van der Waals surface area contributed by atoms with E-state index < -0.39 is 35.3 Å². The van der Waals surface area contributed by atoms with Gasteiger partial charge in [0.05, 0.1) is 11.3 Å². The zero-order chi connectivity index (χ0) is 23.8. The number of hydrogen-bond donors (Lipinski definition) is 1. The Kier molecular flexibility index (Phi) is 6.47. The molecule has 0 radical (unpaired) electrons. The molecule has 3 atom stereocenters. The van der Waals surface area contributed by atoms with E-state index in [2.05, 4.69) is 5.32 Å². The van der Waals surface area contributed by atoms with Gasteiger partial charge in [-0.3, -0.25) is 4.79 Å². The van der Waals surface area contributed by atoms with Crippen molar-refractivity contribution in [1.29, 1.82) is 0 Å². The molecule has 178 valence electrons. The molecule has 33 heavy (non-hydrogen) atoms. The number of rotatable bonds is 4. The van der Waals surface area contributed by atoms with E-state index in [1.165, 1.54) is 0 Å². The van der Waals surface area contributed by atoms with Gasteiger partial charge in [0.1, 0.15) is 5.82 Å². The van der Waals surface area contributed by atoms with Gasteiger partial charge in [-0.15, -0.1) is 0 Å². The fourth-order valence-electron chi connectivity index (χ4n) is 5.03. The van der Waals surface area contributed by atoms with Crippen molar-refractivity contribution in [2.24, 2.45) is 5.92 Å². The molecular formula is C25H25F6NO. The Bertz CT molecular complexity index is 1000. The van der Waals surface area contributed by atoms with Crippen molar-refractivity contribution >= 4 is 11.6 Å². The molecule has 3 unspecified atom stereocenters. The summed E-state index contributed by atoms with van der Waals surface area (Å²) in [5.74, 6) is -4.57. The van der Waals surface area contributed by atoms with Crippen molar-refractivity contribution in [2.45, 2.75) is 68.9 Å². The van der Waals surface area contributed by atoms with E-state index >= 15 is 0 Å². The van der Waals surface area contributed by atoms with Gasteiger partial charge in [-0.05, 0) is 66.8 Å². The number of anilines is 1. The zero-order valence-electron chi connectivity index (χ0n) is 17.9. The minimum Gasteiger partial charge on any atom is -0.323 e. The first-order chi connectivity index (χ1) is 15.5. The third-order valence-electron chi connectivity index (χ3n) is 6.88. The molecule has 2 aliphatic rings. The molecule has 2 aromatic rings. The number of carbonyl (C=O) groups is 1. The summed E-state index contributed by atoms with van der Waals surface area (Å²) in [6, 6.07) is 9.71. The molecule has 1 N–H and O–H groups in total. The molecule has 2 nitrogen and oxygen atoms in total. The largest absolute Gasteiger partial charge is 0.416 e. The Morgan fingerprint density at radius 1 is 0.939 bits per heavy atom. The predicted molar refractivity (Wildman–Crippen MR) is 113 cm³/mol. The van der Waals surface area contributed by atoms with Crippen LogP contribution in [0.4, 0.5) is 32.0 Å². The zero-order valence-corrected chi connectivity index (χ0v) is 17.9. The number of alkyl halides is 5. The topological polar surface area (TPSA) is 29.1 Å². The summed E-state index contributed by atoms with van der Waals surface area (Å²) in [5, 5.41) is 2.43. The highest BCUT2D eigenvalue weighted by Gasteiger charge is 2.40. The van der Waals surface area contributed by atoms with Crippen LogP contribution in [0.15, 0.2) is 42.5 Å². The Morgan fingerprint density at radius 3 is 2.18 bits per heavy atom. The van der Waals surface area contributed by atoms with E-state index in [-0.39, 0.29) is 30.4 Å². The third-order valence-corrected chi connectivity index (χ3v) is 6.88. The van der Waals surface area contributed by atoms with Crippen LogP contribution in [0, 0.1) is 11.7 Å². The first-order valence-corrected chi connectivity index (χ1v) is 11.2. The fourth-order valence-corrected chi connectivity index (χ4v) is 5.03. The Balaban J connectivity index is 1.39. The molecule has 0 aliphatic heterocycles. The molecule has 4 rings (SSSR count). The van der Waals surface area contributed by atoms with Gasteiger partial charge in [0, 0.05) is 18.8 Å². The first-order valence-electron chi connectivity index (χ1n) is 11.2. The lowest BCUT2D eigenvalue weighted by Crippen LogP contribution is -2.28. The van der Waals surface area contributed by atoms with Crippen molar-refractivity contribution < 1.29 is 31.1 Å². The fraction of sp³-hybridized carbons (Fsp3) is 0.480. The number of hydrogen-bond acceptors (Lipinski definition) is 1. The van der Waals surface area contributed by atoms with Gasteiger partial charge in [0.2, 0.25) is 11.8 Å². The first kappa shape index (κ1) is 23.6. The summed E-state index contributed by atoms with van der Waals surface area (Å²) in [4.78, 5) is 12.7. The molecule has 0 spiro atoms. The maximum Gasteiger partial charge on any atom is 0.416 e. The molecule has 2 aliphatic carbocycles. The number of nitrogens with one attached hydrogen (secondary N) is 1. The summed E-state index contributed by atoms with van der Waals surface area (Å²) in [5.41, 5.74) is 0.550. The second-order valence-electron chi connectivity index (χ2n) is 9.20. The highest BCUT2D eigenvalue weighted by atomic mass is 19.4. The molecule has 1 amide bonds. The highest BCUT2D eigenvalue weighted by molar-refractivity contribution is 5.92. The van der Waals surface area contributed by atoms with Crippen LogP contribution in [-0.4, -0.2) is 11.8 Å². The Morgan fingerprint density at radius 2 is 1.61 bits per heavy atom. The van der Waals surface area contributed by atoms with Crippen molar-refractivity contribution in [2.75, 3.05) is 5.32 Å². The molecular weight excluding hydrogens is 444 g/mol. The molecule has 2 fully saturated rings. The van der Waals surface area contributed by atoms with E-state index in [0.717, 1.165) is 36.1 Å². The van der Waals surface area contributed by atoms with Gasteiger partial charge in [0.15, 0.2) is 0 Å². The Hall–Kier alpha value is -2.51. The van der Waals surface area contributed by atoms with Gasteiger partial charge in [0.25, 0.3) is 0 Å². The van der Waals surface area contributed by atoms with Crippen LogP contribution in [-0.2, 0) is 11.0 Å². The summed E-state index contributed by atoms with van der Waals surface area (Å²) >= 11 is 0. The summed E-state index contributed by atoms with van der Waals surface area (Å²) < 4.78 is 79.3. The lowest BCUT2D eigenvalue weighted by atomic mass is 9.77. The number of carbonyl (C=O) groups excluding carboxylic acids is 1. The van der Waals surface area contributed by atoms with Crippen LogP contribution in [0.2, 0.25) is 0 Å². The molecule has 0 aromatic heterocycles. The standard InChI is InChI=1S/C25H25F6NO/c26-21-13-20(25(29,30)31)8-9-22(21)32-23(33)18-3-1-2-17(12-18)15-4-6-16(7-5-15)19-10-11-24(27,28)14-19/h4-9,13,17-19H,1-3,10-12,14H2,(H,32,33). The molecule has 2 aromatic carbocycles. The van der Waals surface area contributed by atoms with Crippen LogP contribution in [0.1, 0.15) is 73.5 Å².